The van der Waals surface area contributed by atoms with Gasteiger partial charge < -0.3 is 10.5 Å². The highest BCUT2D eigenvalue weighted by molar-refractivity contribution is 5.97. The van der Waals surface area contributed by atoms with E-state index >= 15 is 0 Å². The quantitative estimate of drug-likeness (QED) is 0.724. The van der Waals surface area contributed by atoms with Crippen LogP contribution >= 0.6 is 0 Å². The lowest BCUT2D eigenvalue weighted by Crippen LogP contribution is -2.38. The van der Waals surface area contributed by atoms with Crippen LogP contribution in [-0.2, 0) is 9.53 Å². The molecule has 14 heavy (non-hydrogen) atoms. The Morgan fingerprint density at radius 3 is 2.86 bits per heavy atom. The summed E-state index contributed by atoms with van der Waals surface area (Å²) in [5, 5.41) is 0. The summed E-state index contributed by atoms with van der Waals surface area (Å²) < 4.78 is 5.08. The average molecular weight is 195 g/mol. The third-order valence-electron chi connectivity index (χ3n) is 3.19. The summed E-state index contributed by atoms with van der Waals surface area (Å²) in [5.41, 5.74) is 6.80. The van der Waals surface area contributed by atoms with Crippen LogP contribution in [-0.4, -0.2) is 18.4 Å². The van der Waals surface area contributed by atoms with Crippen LogP contribution in [0.15, 0.2) is 11.8 Å². The maximum Gasteiger partial charge on any atom is 0.166 e. The van der Waals surface area contributed by atoms with Crippen LogP contribution in [0.1, 0.15) is 32.1 Å². The maximum atomic E-state index is 12.0. The number of ketones is 1. The molecule has 2 N–H and O–H groups in total. The van der Waals surface area contributed by atoms with Gasteiger partial charge in [-0.1, -0.05) is 12.8 Å². The fourth-order valence-electron chi connectivity index (χ4n) is 2.29. The smallest absolute Gasteiger partial charge is 0.166 e. The molecule has 1 aliphatic heterocycles. The molecule has 1 saturated carbocycles. The van der Waals surface area contributed by atoms with E-state index in [0.717, 1.165) is 31.3 Å². The lowest BCUT2D eigenvalue weighted by atomic mass is 9.80. The Hall–Kier alpha value is -0.830. The topological polar surface area (TPSA) is 52.3 Å². The number of hydrogen-bond donors (Lipinski definition) is 1. The van der Waals surface area contributed by atoms with Crippen molar-refractivity contribution < 1.29 is 9.53 Å². The van der Waals surface area contributed by atoms with E-state index in [1.807, 2.05) is 0 Å². The van der Waals surface area contributed by atoms with Gasteiger partial charge in [-0.15, -0.1) is 0 Å². The Morgan fingerprint density at radius 2 is 2.21 bits per heavy atom. The highest BCUT2D eigenvalue weighted by Crippen LogP contribution is 2.27. The SMILES string of the molecule is NC1CCCCC1C(=O)C1=COCC1. The van der Waals surface area contributed by atoms with Gasteiger partial charge in [0, 0.05) is 24.0 Å². The monoisotopic (exact) mass is 195 g/mol. The summed E-state index contributed by atoms with van der Waals surface area (Å²) in [6, 6.07) is 0.0674. The zero-order valence-electron chi connectivity index (χ0n) is 8.37. The van der Waals surface area contributed by atoms with Gasteiger partial charge in [0.1, 0.15) is 0 Å². The first-order valence-electron chi connectivity index (χ1n) is 5.39. The second-order valence-electron chi connectivity index (χ2n) is 4.18. The van der Waals surface area contributed by atoms with Gasteiger partial charge in [-0.25, -0.2) is 0 Å². The summed E-state index contributed by atoms with van der Waals surface area (Å²) >= 11 is 0. The Balaban J connectivity index is 2.02. The molecule has 0 radical (unpaired) electrons. The van der Waals surface area contributed by atoms with Crippen LogP contribution in [0.4, 0.5) is 0 Å². The van der Waals surface area contributed by atoms with Gasteiger partial charge in [-0.3, -0.25) is 4.79 Å². The molecule has 2 aliphatic rings. The first-order chi connectivity index (χ1) is 6.79. The molecular formula is C11H17NO2. The Labute approximate surface area is 84.3 Å². The standard InChI is InChI=1S/C11H17NO2/c12-10-4-2-1-3-9(10)11(13)8-5-6-14-7-8/h7,9-10H,1-6,12H2. The van der Waals surface area contributed by atoms with Crippen LogP contribution in [0.2, 0.25) is 0 Å². The molecular weight excluding hydrogens is 178 g/mol. The normalized spacial score (nSPS) is 32.2. The molecule has 3 heteroatoms. The van der Waals surface area contributed by atoms with Crippen molar-refractivity contribution in [3.05, 3.63) is 11.8 Å². The molecule has 0 spiro atoms. The fraction of sp³-hybridized carbons (Fsp3) is 0.727. The number of carbonyl (C=O) groups excluding carboxylic acids is 1. The van der Waals surface area contributed by atoms with Crippen molar-refractivity contribution >= 4 is 5.78 Å². The summed E-state index contributed by atoms with van der Waals surface area (Å²) in [6.07, 6.45) is 6.63. The zero-order chi connectivity index (χ0) is 9.97. The molecule has 1 aliphatic carbocycles. The predicted octanol–water partition coefficient (Wildman–Crippen LogP) is 1.38. The minimum Gasteiger partial charge on any atom is -0.500 e. The van der Waals surface area contributed by atoms with Crippen LogP contribution in [0.5, 0.6) is 0 Å². The molecule has 2 atom stereocenters. The Bertz CT molecular complexity index is 260. The molecule has 3 nitrogen and oxygen atoms in total. The highest BCUT2D eigenvalue weighted by Gasteiger charge is 2.31. The lowest BCUT2D eigenvalue weighted by molar-refractivity contribution is -0.120. The van der Waals surface area contributed by atoms with E-state index in [-0.39, 0.29) is 17.7 Å². The second-order valence-corrected chi connectivity index (χ2v) is 4.18. The summed E-state index contributed by atoms with van der Waals surface area (Å²) in [6.45, 7) is 0.656. The number of Topliss-reactive ketones (excluding diaryl/α,β-unsaturated/α-hetero) is 1. The molecule has 78 valence electrons. The van der Waals surface area contributed by atoms with E-state index < -0.39 is 0 Å². The van der Waals surface area contributed by atoms with E-state index in [2.05, 4.69) is 0 Å². The van der Waals surface area contributed by atoms with Gasteiger partial charge in [0.25, 0.3) is 0 Å². The number of carbonyl (C=O) groups is 1. The van der Waals surface area contributed by atoms with Crippen LogP contribution in [0.3, 0.4) is 0 Å². The Morgan fingerprint density at radius 1 is 1.43 bits per heavy atom. The van der Waals surface area contributed by atoms with Crippen molar-refractivity contribution in [3.63, 3.8) is 0 Å². The van der Waals surface area contributed by atoms with Gasteiger partial charge in [0.15, 0.2) is 5.78 Å². The third kappa shape index (κ3) is 1.82. The molecule has 0 bridgehead atoms. The highest BCUT2D eigenvalue weighted by atomic mass is 16.5. The minimum atomic E-state index is 0.0525. The van der Waals surface area contributed by atoms with E-state index in [9.17, 15) is 4.79 Å². The second kappa shape index (κ2) is 4.13. The summed E-state index contributed by atoms with van der Waals surface area (Å²) in [7, 11) is 0. The van der Waals surface area contributed by atoms with Gasteiger partial charge in [0.05, 0.1) is 12.9 Å². The Kier molecular flexibility index (Phi) is 2.87. The van der Waals surface area contributed by atoms with Crippen molar-refractivity contribution in [1.82, 2.24) is 0 Å². The predicted molar refractivity (Wildman–Crippen MR) is 53.6 cm³/mol. The van der Waals surface area contributed by atoms with Crippen molar-refractivity contribution in [2.75, 3.05) is 6.61 Å². The van der Waals surface area contributed by atoms with E-state index in [0.29, 0.717) is 6.61 Å². The van der Waals surface area contributed by atoms with Crippen molar-refractivity contribution in [2.24, 2.45) is 11.7 Å². The molecule has 0 saturated heterocycles. The summed E-state index contributed by atoms with van der Waals surface area (Å²) in [4.78, 5) is 12.0. The van der Waals surface area contributed by atoms with Crippen molar-refractivity contribution in [2.45, 2.75) is 38.1 Å². The van der Waals surface area contributed by atoms with E-state index in [1.165, 1.54) is 6.42 Å². The van der Waals surface area contributed by atoms with Crippen LogP contribution in [0.25, 0.3) is 0 Å². The maximum absolute atomic E-state index is 12.0. The molecule has 0 aromatic heterocycles. The van der Waals surface area contributed by atoms with E-state index in [4.69, 9.17) is 10.5 Å². The summed E-state index contributed by atoms with van der Waals surface area (Å²) in [5.74, 6) is 0.284. The fourth-order valence-corrected chi connectivity index (χ4v) is 2.29. The van der Waals surface area contributed by atoms with Gasteiger partial charge >= 0.3 is 0 Å². The number of nitrogens with two attached hydrogens (primary N) is 1. The van der Waals surface area contributed by atoms with Crippen molar-refractivity contribution in [3.8, 4) is 0 Å². The molecule has 2 unspecified atom stereocenters. The molecule has 0 aromatic rings. The average Bonchev–Trinajstić information content (AvgIpc) is 2.70. The lowest BCUT2D eigenvalue weighted by Gasteiger charge is -2.27. The molecule has 1 heterocycles. The number of rotatable bonds is 2. The van der Waals surface area contributed by atoms with E-state index in [1.54, 1.807) is 6.26 Å². The number of ether oxygens (including phenoxy) is 1. The molecule has 0 amide bonds. The molecule has 2 rings (SSSR count). The van der Waals surface area contributed by atoms with Crippen molar-refractivity contribution in [1.29, 1.82) is 0 Å². The zero-order valence-corrected chi connectivity index (χ0v) is 8.37. The van der Waals surface area contributed by atoms with Gasteiger partial charge in [-0.2, -0.15) is 0 Å². The number of hydrogen-bond acceptors (Lipinski definition) is 3. The molecule has 0 aromatic carbocycles. The van der Waals surface area contributed by atoms with Gasteiger partial charge in [-0.05, 0) is 12.8 Å². The van der Waals surface area contributed by atoms with Crippen LogP contribution in [0, 0.1) is 5.92 Å². The van der Waals surface area contributed by atoms with Gasteiger partial charge in [0.2, 0.25) is 0 Å². The van der Waals surface area contributed by atoms with Crippen LogP contribution < -0.4 is 5.73 Å². The molecule has 1 fully saturated rings. The first kappa shape index (κ1) is 9.71. The largest absolute Gasteiger partial charge is 0.500 e. The first-order valence-corrected chi connectivity index (χ1v) is 5.39. The third-order valence-corrected chi connectivity index (χ3v) is 3.19. The minimum absolute atomic E-state index is 0.0525.